The van der Waals surface area contributed by atoms with Crippen LogP contribution < -0.4 is 20.0 Å². The quantitative estimate of drug-likeness (QED) is 0.752. The van der Waals surface area contributed by atoms with Gasteiger partial charge in [0, 0.05) is 39.4 Å². The van der Waals surface area contributed by atoms with E-state index in [1.807, 2.05) is 25.2 Å². The van der Waals surface area contributed by atoms with Crippen LogP contribution in [-0.2, 0) is 7.05 Å². The van der Waals surface area contributed by atoms with Gasteiger partial charge in [-0.05, 0) is 12.1 Å². The number of aromatic nitrogens is 3. The highest BCUT2D eigenvalue weighted by atomic mass is 16.5. The predicted molar refractivity (Wildman–Crippen MR) is 99.3 cm³/mol. The van der Waals surface area contributed by atoms with Gasteiger partial charge in [0.15, 0.2) is 0 Å². The summed E-state index contributed by atoms with van der Waals surface area (Å²) in [4.78, 5) is 32.6. The van der Waals surface area contributed by atoms with Gasteiger partial charge in [-0.25, -0.2) is 0 Å². The number of pyridine rings is 1. The number of methoxy groups -OCH3 is 1. The number of likely N-dealkylation sites (N-methyl/N-ethyl adjacent to an activating group) is 1. The first kappa shape index (κ1) is 16.2. The van der Waals surface area contributed by atoms with Gasteiger partial charge < -0.3 is 19.5 Å². The Bertz CT molecular complexity index is 1070. The fourth-order valence-corrected chi connectivity index (χ4v) is 3.30. The summed E-state index contributed by atoms with van der Waals surface area (Å²) in [6, 6.07) is 5.55. The highest BCUT2D eigenvalue weighted by Gasteiger charge is 2.28. The first-order valence-electron chi connectivity index (χ1n) is 8.25. The van der Waals surface area contributed by atoms with E-state index in [2.05, 4.69) is 15.0 Å². The molecule has 8 nitrogen and oxygen atoms in total. The molecule has 26 heavy (non-hydrogen) atoms. The lowest BCUT2D eigenvalue weighted by Crippen LogP contribution is -2.44. The molecule has 1 amide bonds. The third kappa shape index (κ3) is 2.33. The summed E-state index contributed by atoms with van der Waals surface area (Å²) in [5, 5.41) is 4.48. The van der Waals surface area contributed by atoms with E-state index in [9.17, 15) is 9.59 Å². The maximum Gasteiger partial charge on any atom is 0.263 e. The molecule has 0 spiro atoms. The predicted octanol–water partition coefficient (Wildman–Crippen LogP) is 1.37. The van der Waals surface area contributed by atoms with Gasteiger partial charge in [0.1, 0.15) is 17.0 Å². The van der Waals surface area contributed by atoms with Gasteiger partial charge in [0.05, 0.1) is 30.1 Å². The number of fused-ring (bicyclic) bond motifs is 2. The van der Waals surface area contributed by atoms with Gasteiger partial charge in [-0.2, -0.15) is 5.10 Å². The van der Waals surface area contributed by atoms with Crippen LogP contribution in [-0.4, -0.2) is 47.9 Å². The number of rotatable bonds is 2. The number of carbonyl (C=O) groups excluding carboxylic acids is 1. The van der Waals surface area contributed by atoms with Gasteiger partial charge in [0.2, 0.25) is 5.43 Å². The number of hydrogen-bond donors (Lipinski definition) is 1. The number of nitrogens with zero attached hydrogens (tertiary/aromatic N) is 4. The average molecular weight is 353 g/mol. The summed E-state index contributed by atoms with van der Waals surface area (Å²) in [6.45, 7) is 1.16. The summed E-state index contributed by atoms with van der Waals surface area (Å²) in [7, 11) is 5.31. The fraction of sp³-hybridized carbons (Fsp3) is 0.278. The molecule has 0 saturated heterocycles. The fourth-order valence-electron chi connectivity index (χ4n) is 3.30. The highest BCUT2D eigenvalue weighted by Crippen LogP contribution is 2.35. The van der Waals surface area contributed by atoms with Gasteiger partial charge in [-0.1, -0.05) is 0 Å². The summed E-state index contributed by atoms with van der Waals surface area (Å²) in [6.07, 6.45) is 2.95. The van der Waals surface area contributed by atoms with Crippen molar-refractivity contribution in [1.29, 1.82) is 0 Å². The molecule has 1 aliphatic heterocycles. The number of aromatic amines is 1. The zero-order valence-corrected chi connectivity index (χ0v) is 14.8. The number of benzene rings is 1. The molecule has 2 aromatic heterocycles. The van der Waals surface area contributed by atoms with E-state index >= 15 is 0 Å². The van der Waals surface area contributed by atoms with E-state index in [0.29, 0.717) is 24.1 Å². The van der Waals surface area contributed by atoms with Gasteiger partial charge >= 0.3 is 0 Å². The lowest BCUT2D eigenvalue weighted by molar-refractivity contribution is 0.0985. The van der Waals surface area contributed by atoms with E-state index in [-0.39, 0.29) is 16.9 Å². The van der Waals surface area contributed by atoms with Crippen molar-refractivity contribution in [2.75, 3.05) is 37.0 Å². The van der Waals surface area contributed by atoms with Crippen LogP contribution in [0.15, 0.2) is 35.4 Å². The number of anilines is 2. The standard InChI is InChI=1S/C18H19N5O3/c1-21-6-7-23(14-5-4-11(26-3)8-15(14)21)18(25)13-9-19-17-12(16(13)24)10-20-22(17)2/h4-5,8-10H,6-7H2,1-3H3,(H,19,24). The minimum absolute atomic E-state index is 0.108. The molecule has 8 heteroatoms. The normalized spacial score (nSPS) is 13.8. The topological polar surface area (TPSA) is 83.5 Å². The Morgan fingerprint density at radius 1 is 1.23 bits per heavy atom. The Morgan fingerprint density at radius 2 is 2.04 bits per heavy atom. The van der Waals surface area contributed by atoms with Crippen LogP contribution in [0.1, 0.15) is 10.4 Å². The molecule has 1 aliphatic rings. The van der Waals surface area contributed by atoms with Crippen LogP contribution in [0.3, 0.4) is 0 Å². The lowest BCUT2D eigenvalue weighted by Gasteiger charge is -2.35. The smallest absolute Gasteiger partial charge is 0.263 e. The number of hydrogen-bond acceptors (Lipinski definition) is 5. The molecule has 0 aliphatic carbocycles. The molecular weight excluding hydrogens is 334 g/mol. The summed E-state index contributed by atoms with van der Waals surface area (Å²) in [5.74, 6) is 0.399. The molecular formula is C18H19N5O3. The molecule has 1 aromatic carbocycles. The van der Waals surface area contributed by atoms with Crippen LogP contribution in [0.2, 0.25) is 0 Å². The molecule has 0 radical (unpaired) electrons. The monoisotopic (exact) mass is 353 g/mol. The maximum atomic E-state index is 13.1. The van der Waals surface area contributed by atoms with Crippen LogP contribution in [0.4, 0.5) is 11.4 Å². The first-order chi connectivity index (χ1) is 12.5. The Morgan fingerprint density at radius 3 is 2.81 bits per heavy atom. The van der Waals surface area contributed by atoms with Crippen molar-refractivity contribution < 1.29 is 9.53 Å². The van der Waals surface area contributed by atoms with Crippen LogP contribution in [0, 0.1) is 0 Å². The maximum absolute atomic E-state index is 13.1. The summed E-state index contributed by atoms with van der Waals surface area (Å²) in [5.41, 5.74) is 2.04. The highest BCUT2D eigenvalue weighted by molar-refractivity contribution is 6.09. The molecule has 0 unspecified atom stereocenters. The molecule has 3 aromatic rings. The van der Waals surface area contributed by atoms with E-state index in [0.717, 1.165) is 17.1 Å². The van der Waals surface area contributed by atoms with Crippen LogP contribution in [0.5, 0.6) is 5.75 Å². The number of aryl methyl sites for hydroxylation is 1. The second kappa shape index (κ2) is 5.91. The molecule has 0 atom stereocenters. The van der Waals surface area contributed by atoms with Crippen molar-refractivity contribution in [3.05, 3.63) is 46.4 Å². The zero-order chi connectivity index (χ0) is 18.4. The average Bonchev–Trinajstić information content (AvgIpc) is 3.03. The number of ether oxygens (including phenoxy) is 1. The van der Waals surface area contributed by atoms with E-state index in [1.54, 1.807) is 23.7 Å². The number of nitrogens with one attached hydrogen (secondary N) is 1. The van der Waals surface area contributed by atoms with Gasteiger partial charge in [-0.3, -0.25) is 14.3 Å². The Hall–Kier alpha value is -3.29. The Kier molecular flexibility index (Phi) is 3.68. The lowest BCUT2D eigenvalue weighted by atomic mass is 10.1. The van der Waals surface area contributed by atoms with Crippen molar-refractivity contribution in [3.63, 3.8) is 0 Å². The third-order valence-corrected chi connectivity index (χ3v) is 4.80. The zero-order valence-electron chi connectivity index (χ0n) is 14.8. The molecule has 4 rings (SSSR count). The van der Waals surface area contributed by atoms with Crippen LogP contribution in [0.25, 0.3) is 11.0 Å². The van der Waals surface area contributed by atoms with Crippen molar-refractivity contribution >= 4 is 28.3 Å². The third-order valence-electron chi connectivity index (χ3n) is 4.80. The van der Waals surface area contributed by atoms with Crippen molar-refractivity contribution in [1.82, 2.24) is 14.8 Å². The molecule has 0 saturated carbocycles. The Balaban J connectivity index is 1.79. The number of amides is 1. The minimum atomic E-state index is -0.323. The molecule has 1 N–H and O–H groups in total. The SMILES string of the molecule is COc1ccc2c(c1)N(C)CCN2C(=O)c1c[nH]c2c(cnn2C)c1=O. The van der Waals surface area contributed by atoms with Gasteiger partial charge in [-0.15, -0.1) is 0 Å². The molecule has 0 bridgehead atoms. The van der Waals surface area contributed by atoms with Gasteiger partial charge in [0.25, 0.3) is 5.91 Å². The molecule has 3 heterocycles. The van der Waals surface area contributed by atoms with Crippen molar-refractivity contribution in [2.24, 2.45) is 7.05 Å². The molecule has 0 fully saturated rings. The minimum Gasteiger partial charge on any atom is -0.497 e. The number of H-pyrrole nitrogens is 1. The number of carbonyl (C=O) groups is 1. The van der Waals surface area contributed by atoms with E-state index < -0.39 is 0 Å². The summed E-state index contributed by atoms with van der Waals surface area (Å²) < 4.78 is 6.86. The second-order valence-electron chi connectivity index (χ2n) is 6.29. The first-order valence-corrected chi connectivity index (χ1v) is 8.25. The largest absolute Gasteiger partial charge is 0.497 e. The van der Waals surface area contributed by atoms with E-state index in [1.165, 1.54) is 12.4 Å². The van der Waals surface area contributed by atoms with Crippen molar-refractivity contribution in [2.45, 2.75) is 0 Å². The Labute approximate surface area is 149 Å². The second-order valence-corrected chi connectivity index (χ2v) is 6.29. The van der Waals surface area contributed by atoms with Crippen molar-refractivity contribution in [3.8, 4) is 5.75 Å². The summed E-state index contributed by atoms with van der Waals surface area (Å²) >= 11 is 0. The molecule has 134 valence electrons. The van der Waals surface area contributed by atoms with Crippen LogP contribution >= 0.6 is 0 Å². The van der Waals surface area contributed by atoms with E-state index in [4.69, 9.17) is 4.74 Å².